The molecule has 0 aromatic heterocycles. The van der Waals surface area contributed by atoms with E-state index in [2.05, 4.69) is 84.6 Å². The Balaban J connectivity index is 1.95. The van der Waals surface area contributed by atoms with E-state index in [9.17, 15) is 0 Å². The zero-order valence-corrected chi connectivity index (χ0v) is 13.5. The topological polar surface area (TPSA) is 0 Å². The minimum atomic E-state index is 1.00. The van der Waals surface area contributed by atoms with Gasteiger partial charge in [-0.15, -0.1) is 17.5 Å². The Morgan fingerprint density at radius 1 is 0.739 bits per heavy atom. The molecule has 0 spiro atoms. The van der Waals surface area contributed by atoms with E-state index in [0.717, 1.165) is 5.75 Å². The first-order valence-corrected chi connectivity index (χ1v) is 8.72. The van der Waals surface area contributed by atoms with E-state index in [4.69, 9.17) is 0 Å². The van der Waals surface area contributed by atoms with Crippen LogP contribution in [0.4, 0.5) is 0 Å². The van der Waals surface area contributed by atoms with E-state index in [1.165, 1.54) is 32.7 Å². The molecule has 3 aromatic rings. The number of benzene rings is 3. The van der Waals surface area contributed by atoms with Crippen molar-refractivity contribution in [3.63, 3.8) is 0 Å². The van der Waals surface area contributed by atoms with Crippen molar-refractivity contribution in [3.8, 4) is 0 Å². The van der Waals surface area contributed by atoms with Gasteiger partial charge in [0.05, 0.1) is 0 Å². The fourth-order valence-electron chi connectivity index (χ4n) is 2.85. The highest BCUT2D eigenvalue weighted by molar-refractivity contribution is 7.98. The van der Waals surface area contributed by atoms with Crippen LogP contribution < -0.4 is 0 Å². The van der Waals surface area contributed by atoms with Gasteiger partial charge in [0.25, 0.3) is 0 Å². The van der Waals surface area contributed by atoms with Crippen LogP contribution >= 0.6 is 11.8 Å². The van der Waals surface area contributed by atoms with Crippen molar-refractivity contribution in [1.29, 1.82) is 0 Å². The van der Waals surface area contributed by atoms with E-state index in [-0.39, 0.29) is 0 Å². The lowest BCUT2D eigenvalue weighted by Crippen LogP contribution is -1.90. The quantitative estimate of drug-likeness (QED) is 0.494. The van der Waals surface area contributed by atoms with Crippen LogP contribution in [0.3, 0.4) is 0 Å². The Bertz CT molecular complexity index is 851. The van der Waals surface area contributed by atoms with Gasteiger partial charge in [0, 0.05) is 21.8 Å². The van der Waals surface area contributed by atoms with Crippen molar-refractivity contribution in [2.45, 2.75) is 10.6 Å². The number of hydrogen-bond acceptors (Lipinski definition) is 1. The summed E-state index contributed by atoms with van der Waals surface area (Å²) in [5.41, 5.74) is 9.86. The SMILES string of the molecule is C(=Cc1ccccc1)=C1c2ccccc2CSc2ccccc21. The number of thioether (sulfide) groups is 1. The summed E-state index contributed by atoms with van der Waals surface area (Å²) in [7, 11) is 0. The predicted octanol–water partition coefficient (Wildman–Crippen LogP) is 6.04. The smallest absolute Gasteiger partial charge is 0.0324 e. The molecule has 0 atom stereocenters. The molecule has 1 heteroatoms. The van der Waals surface area contributed by atoms with E-state index in [1.807, 2.05) is 17.8 Å². The van der Waals surface area contributed by atoms with Crippen LogP contribution in [0.5, 0.6) is 0 Å². The molecule has 0 unspecified atom stereocenters. The van der Waals surface area contributed by atoms with Crippen molar-refractivity contribution in [2.24, 2.45) is 0 Å². The molecule has 0 saturated heterocycles. The standard InChI is InChI=1S/C22H16S/c1-2-8-17(9-3-1)14-15-20-19-11-5-4-10-18(19)16-23-22-13-7-6-12-21(20)22/h1-14H,16H2. The van der Waals surface area contributed by atoms with Gasteiger partial charge in [-0.05, 0) is 28.8 Å². The average molecular weight is 312 g/mol. The molecule has 23 heavy (non-hydrogen) atoms. The van der Waals surface area contributed by atoms with Gasteiger partial charge in [-0.3, -0.25) is 0 Å². The number of hydrogen-bond donors (Lipinski definition) is 0. The third-order valence-corrected chi connectivity index (χ3v) is 5.13. The third kappa shape index (κ3) is 2.90. The molecule has 110 valence electrons. The van der Waals surface area contributed by atoms with Crippen LogP contribution in [-0.4, -0.2) is 0 Å². The molecule has 1 aliphatic rings. The molecular weight excluding hydrogens is 296 g/mol. The fraction of sp³-hybridized carbons (Fsp3) is 0.0455. The fourth-order valence-corrected chi connectivity index (χ4v) is 3.91. The minimum absolute atomic E-state index is 1.00. The second kappa shape index (κ2) is 6.34. The van der Waals surface area contributed by atoms with Gasteiger partial charge in [0.2, 0.25) is 0 Å². The molecule has 1 heterocycles. The highest BCUT2D eigenvalue weighted by atomic mass is 32.2. The predicted molar refractivity (Wildman–Crippen MR) is 99.4 cm³/mol. The highest BCUT2D eigenvalue weighted by Crippen LogP contribution is 2.39. The maximum Gasteiger partial charge on any atom is 0.0324 e. The molecule has 0 N–H and O–H groups in total. The summed E-state index contributed by atoms with van der Waals surface area (Å²) in [6.45, 7) is 0. The van der Waals surface area contributed by atoms with Crippen molar-refractivity contribution in [1.82, 2.24) is 0 Å². The van der Waals surface area contributed by atoms with Crippen LogP contribution in [0.15, 0.2) is 89.5 Å². The van der Waals surface area contributed by atoms with E-state index in [0.29, 0.717) is 0 Å². The maximum atomic E-state index is 3.57. The van der Waals surface area contributed by atoms with Crippen molar-refractivity contribution >= 4 is 23.4 Å². The summed E-state index contributed by atoms with van der Waals surface area (Å²) in [6, 6.07) is 27.7. The largest absolute Gasteiger partial charge is 0.121 e. The second-order valence-corrected chi connectivity index (χ2v) is 6.53. The van der Waals surface area contributed by atoms with Gasteiger partial charge in [0.15, 0.2) is 0 Å². The maximum absolute atomic E-state index is 3.57. The van der Waals surface area contributed by atoms with Gasteiger partial charge in [-0.1, -0.05) is 72.8 Å². The Kier molecular flexibility index (Phi) is 3.90. The van der Waals surface area contributed by atoms with Gasteiger partial charge in [-0.2, -0.15) is 0 Å². The molecule has 0 nitrogen and oxygen atoms in total. The van der Waals surface area contributed by atoms with Gasteiger partial charge < -0.3 is 0 Å². The summed E-state index contributed by atoms with van der Waals surface area (Å²) in [6.07, 6.45) is 2.08. The Labute approximate surface area is 141 Å². The summed E-state index contributed by atoms with van der Waals surface area (Å²) >= 11 is 1.90. The van der Waals surface area contributed by atoms with Crippen LogP contribution in [0, 0.1) is 0 Å². The minimum Gasteiger partial charge on any atom is -0.121 e. The van der Waals surface area contributed by atoms with Crippen LogP contribution in [0.25, 0.3) is 11.6 Å². The molecule has 0 bridgehead atoms. The van der Waals surface area contributed by atoms with Gasteiger partial charge >= 0.3 is 0 Å². The molecule has 3 aromatic carbocycles. The zero-order chi connectivity index (χ0) is 15.5. The Hall–Kier alpha value is -2.47. The van der Waals surface area contributed by atoms with Crippen molar-refractivity contribution in [3.05, 3.63) is 107 Å². The Morgan fingerprint density at radius 2 is 1.43 bits per heavy atom. The van der Waals surface area contributed by atoms with E-state index >= 15 is 0 Å². The molecular formula is C22H16S. The monoisotopic (exact) mass is 312 g/mol. The summed E-state index contributed by atoms with van der Waals surface area (Å²) in [5, 5.41) is 0. The molecule has 0 fully saturated rings. The zero-order valence-electron chi connectivity index (χ0n) is 12.7. The highest BCUT2D eigenvalue weighted by Gasteiger charge is 2.17. The second-order valence-electron chi connectivity index (χ2n) is 5.52. The first kappa shape index (κ1) is 14.1. The number of fused-ring (bicyclic) bond motifs is 2. The van der Waals surface area contributed by atoms with E-state index in [1.54, 1.807) is 0 Å². The molecule has 0 saturated carbocycles. The molecule has 4 rings (SSSR count). The molecule has 0 radical (unpaired) electrons. The molecule has 1 aliphatic heterocycles. The lowest BCUT2D eigenvalue weighted by atomic mass is 9.95. The van der Waals surface area contributed by atoms with Gasteiger partial charge in [0.1, 0.15) is 0 Å². The number of rotatable bonds is 1. The first-order chi connectivity index (χ1) is 11.4. The normalized spacial score (nSPS) is 12.6. The van der Waals surface area contributed by atoms with Crippen LogP contribution in [0.2, 0.25) is 0 Å². The Morgan fingerprint density at radius 3 is 2.30 bits per heavy atom. The average Bonchev–Trinajstić information content (AvgIpc) is 2.78. The third-order valence-electron chi connectivity index (χ3n) is 4.01. The van der Waals surface area contributed by atoms with E-state index < -0.39 is 0 Å². The van der Waals surface area contributed by atoms with Gasteiger partial charge in [-0.25, -0.2) is 0 Å². The summed E-state index contributed by atoms with van der Waals surface area (Å²) < 4.78 is 0. The lowest BCUT2D eigenvalue weighted by Gasteiger charge is -2.08. The van der Waals surface area contributed by atoms with Crippen LogP contribution in [0.1, 0.15) is 22.3 Å². The van der Waals surface area contributed by atoms with Crippen LogP contribution in [-0.2, 0) is 5.75 Å². The lowest BCUT2D eigenvalue weighted by molar-refractivity contribution is 1.39. The molecule has 0 aliphatic carbocycles. The summed E-state index contributed by atoms with van der Waals surface area (Å²) in [5.74, 6) is 1.00. The first-order valence-electron chi connectivity index (χ1n) is 7.74. The van der Waals surface area contributed by atoms with Crippen molar-refractivity contribution < 1.29 is 0 Å². The summed E-state index contributed by atoms with van der Waals surface area (Å²) in [4.78, 5) is 1.33. The molecule has 0 amide bonds. The van der Waals surface area contributed by atoms with Crippen molar-refractivity contribution in [2.75, 3.05) is 0 Å².